The molecule has 2 nitrogen and oxygen atoms in total. The molecule has 2 radical (unpaired) electrons. The van der Waals surface area contributed by atoms with Crippen LogP contribution in [-0.2, 0) is 9.53 Å². The van der Waals surface area contributed by atoms with E-state index in [2.05, 4.69) is 6.58 Å². The predicted octanol–water partition coefficient (Wildman–Crippen LogP) is 8.23. The first-order chi connectivity index (χ1) is 13.5. The molecule has 0 atom stereocenters. The summed E-state index contributed by atoms with van der Waals surface area (Å²) in [5.41, 5.74) is 0.486. The molecular weight excluding hydrogens is 407 g/mol. The number of hydrogen-bond acceptors (Lipinski definition) is 2. The number of halogens is 2. The highest BCUT2D eigenvalue weighted by Crippen LogP contribution is 2.14. The summed E-state index contributed by atoms with van der Waals surface area (Å²) in [5, 5.41) is 0. The fraction of sp³-hybridized carbons (Fsp3) is 0.870. The van der Waals surface area contributed by atoms with Gasteiger partial charge in [-0.1, -0.05) is 109 Å². The van der Waals surface area contributed by atoms with Crippen LogP contribution in [0.2, 0.25) is 6.04 Å². The molecule has 0 unspecified atom stereocenters. The molecule has 164 valence electrons. The fourth-order valence-corrected chi connectivity index (χ4v) is 4.53. The van der Waals surface area contributed by atoms with Gasteiger partial charge in [-0.3, -0.25) is 0 Å². The Balaban J connectivity index is 3.07. The molecule has 0 aliphatic rings. The maximum Gasteiger partial charge on any atom is 0.333 e. The number of rotatable bonds is 21. The van der Waals surface area contributed by atoms with E-state index in [1.54, 1.807) is 6.92 Å². The summed E-state index contributed by atoms with van der Waals surface area (Å²) in [7, 11) is 0.710. The van der Waals surface area contributed by atoms with Crippen LogP contribution in [0.4, 0.5) is 0 Å². The van der Waals surface area contributed by atoms with E-state index in [9.17, 15) is 4.79 Å². The van der Waals surface area contributed by atoms with Crippen LogP contribution in [0.15, 0.2) is 12.2 Å². The Morgan fingerprint density at radius 3 is 1.46 bits per heavy atom. The summed E-state index contributed by atoms with van der Waals surface area (Å²) < 4.78 is 4.95. The average molecular weight is 450 g/mol. The quantitative estimate of drug-likeness (QED) is 0.0580. The normalized spacial score (nSPS) is 11.1. The first-order valence-electron chi connectivity index (χ1n) is 11.4. The number of carbonyl (C=O) groups is 1. The third-order valence-corrected chi connectivity index (χ3v) is 6.83. The number of carbonyl (C=O) groups excluding carboxylic acids is 1. The van der Waals surface area contributed by atoms with Crippen LogP contribution in [0.3, 0.4) is 0 Å². The maximum absolute atomic E-state index is 11.2. The van der Waals surface area contributed by atoms with Crippen molar-refractivity contribution in [2.45, 2.75) is 120 Å². The van der Waals surface area contributed by atoms with Crippen molar-refractivity contribution in [3.05, 3.63) is 12.2 Å². The number of ether oxygens (including phenoxy) is 1. The Labute approximate surface area is 187 Å². The Morgan fingerprint density at radius 1 is 0.750 bits per heavy atom. The Hall–Kier alpha value is 0.00688. The zero-order valence-electron chi connectivity index (χ0n) is 18.1. The second-order valence-electron chi connectivity index (χ2n) is 7.83. The van der Waals surface area contributed by atoms with Gasteiger partial charge in [0.2, 0.25) is 0 Å². The molecule has 0 aliphatic heterocycles. The van der Waals surface area contributed by atoms with Crippen molar-refractivity contribution in [3.8, 4) is 0 Å². The highest BCUT2D eigenvalue weighted by atomic mass is 35.5. The van der Waals surface area contributed by atoms with Gasteiger partial charge in [-0.05, 0) is 13.3 Å². The molecule has 5 heteroatoms. The first kappa shape index (κ1) is 28.0. The monoisotopic (exact) mass is 448 g/mol. The molecule has 0 aromatic rings. The van der Waals surface area contributed by atoms with Crippen molar-refractivity contribution in [1.82, 2.24) is 0 Å². The average Bonchev–Trinajstić information content (AvgIpc) is 2.65. The Kier molecular flexibility index (Phi) is 21.7. The summed E-state index contributed by atoms with van der Waals surface area (Å²) in [6.07, 6.45) is 21.2. The van der Waals surface area contributed by atoms with Crippen molar-refractivity contribution >= 4 is 38.7 Å². The third-order valence-electron chi connectivity index (χ3n) is 4.95. The molecule has 0 N–H and O–H groups in total. The smallest absolute Gasteiger partial charge is 0.333 e. The van der Waals surface area contributed by atoms with Gasteiger partial charge in [0, 0.05) is 5.57 Å². The minimum atomic E-state index is -0.260. The number of unbranched alkanes of at least 4 members (excludes halogenated alkanes) is 15. The molecule has 0 bridgehead atoms. The van der Waals surface area contributed by atoms with E-state index in [4.69, 9.17) is 27.9 Å². The van der Waals surface area contributed by atoms with Gasteiger partial charge in [0.1, 0.15) is 0 Å². The number of alkyl halides is 2. The molecule has 0 saturated heterocycles. The molecule has 0 saturated carbocycles. The Bertz CT molecular complexity index is 376. The van der Waals surface area contributed by atoms with Gasteiger partial charge in [0.25, 0.3) is 0 Å². The van der Waals surface area contributed by atoms with Crippen molar-refractivity contribution < 1.29 is 9.53 Å². The number of hydrogen-bond donors (Lipinski definition) is 0. The van der Waals surface area contributed by atoms with Crippen molar-refractivity contribution in [1.29, 1.82) is 0 Å². The lowest BCUT2D eigenvalue weighted by Crippen LogP contribution is -2.05. The highest BCUT2D eigenvalue weighted by molar-refractivity contribution is 6.68. The van der Waals surface area contributed by atoms with Gasteiger partial charge in [-0.15, -0.1) is 23.2 Å². The summed E-state index contributed by atoms with van der Waals surface area (Å²) in [6, 6.07) is 1.20. The van der Waals surface area contributed by atoms with E-state index in [1.165, 1.54) is 95.9 Å². The summed E-state index contributed by atoms with van der Waals surface area (Å²) in [5.74, 6) is -0.260. The van der Waals surface area contributed by atoms with Crippen molar-refractivity contribution in [3.63, 3.8) is 0 Å². The van der Waals surface area contributed by atoms with Gasteiger partial charge in [-0.2, -0.15) is 0 Å². The van der Waals surface area contributed by atoms with Crippen molar-refractivity contribution in [2.75, 3.05) is 6.61 Å². The molecule has 0 spiro atoms. The first-order valence-corrected chi connectivity index (χ1v) is 13.5. The van der Waals surface area contributed by atoms with Gasteiger partial charge in [0.15, 0.2) is 0 Å². The van der Waals surface area contributed by atoms with Crippen LogP contribution < -0.4 is 0 Å². The minimum Gasteiger partial charge on any atom is -0.462 e. The molecule has 0 aliphatic carbocycles. The van der Waals surface area contributed by atoms with Gasteiger partial charge >= 0.3 is 5.97 Å². The predicted molar refractivity (Wildman–Crippen MR) is 126 cm³/mol. The van der Waals surface area contributed by atoms with Crippen molar-refractivity contribution in [2.24, 2.45) is 0 Å². The van der Waals surface area contributed by atoms with Crippen LogP contribution in [0.5, 0.6) is 0 Å². The maximum atomic E-state index is 11.2. The summed E-state index contributed by atoms with van der Waals surface area (Å²) in [6.45, 7) is 5.80. The van der Waals surface area contributed by atoms with Gasteiger partial charge < -0.3 is 4.74 Å². The highest BCUT2D eigenvalue weighted by Gasteiger charge is 2.02. The topological polar surface area (TPSA) is 26.3 Å². The second-order valence-corrected chi connectivity index (χ2v) is 11.1. The lowest BCUT2D eigenvalue weighted by molar-refractivity contribution is -0.139. The standard InChI is InChI=1S/C23H42Cl2O2Si/c1-21(2)22(26)27-19-17-15-13-11-9-7-5-3-4-6-8-10-12-14-16-18-20-28-23(24)25/h23H,1,3-20H2,2H3. The van der Waals surface area contributed by atoms with Crippen LogP contribution in [0.1, 0.15) is 110 Å². The van der Waals surface area contributed by atoms with Crippen LogP contribution in [-0.4, -0.2) is 26.6 Å². The third kappa shape index (κ3) is 22.3. The lowest BCUT2D eigenvalue weighted by Gasteiger charge is -2.05. The molecular formula is C23H42Cl2O2Si. The largest absolute Gasteiger partial charge is 0.462 e. The zero-order chi connectivity index (χ0) is 20.9. The van der Waals surface area contributed by atoms with E-state index >= 15 is 0 Å². The van der Waals surface area contributed by atoms with Crippen LogP contribution in [0, 0.1) is 0 Å². The summed E-state index contributed by atoms with van der Waals surface area (Å²) in [4.78, 5) is 11.2. The number of esters is 1. The zero-order valence-corrected chi connectivity index (χ0v) is 20.6. The van der Waals surface area contributed by atoms with E-state index in [1.807, 2.05) is 0 Å². The second kappa shape index (κ2) is 21.7. The molecule has 0 amide bonds. The fourth-order valence-electron chi connectivity index (χ4n) is 3.20. The SMILES string of the molecule is C=C(C)C(=O)OCCCCCCCCCCCCCCCCCC[Si]C(Cl)Cl. The molecule has 28 heavy (non-hydrogen) atoms. The van der Waals surface area contributed by atoms with Gasteiger partial charge in [-0.25, -0.2) is 4.79 Å². The molecule has 0 aromatic heterocycles. The van der Waals surface area contributed by atoms with Crippen LogP contribution >= 0.6 is 23.2 Å². The van der Waals surface area contributed by atoms with Crippen LogP contribution in [0.25, 0.3) is 0 Å². The lowest BCUT2D eigenvalue weighted by atomic mass is 10.0. The molecule has 0 heterocycles. The van der Waals surface area contributed by atoms with E-state index in [0.29, 0.717) is 21.7 Å². The van der Waals surface area contributed by atoms with E-state index in [0.717, 1.165) is 12.8 Å². The van der Waals surface area contributed by atoms with E-state index in [-0.39, 0.29) is 10.4 Å². The van der Waals surface area contributed by atoms with E-state index < -0.39 is 0 Å². The molecule has 0 fully saturated rings. The molecule has 0 rings (SSSR count). The molecule has 0 aromatic carbocycles. The van der Waals surface area contributed by atoms with Gasteiger partial charge in [0.05, 0.1) is 20.6 Å². The summed E-state index contributed by atoms with van der Waals surface area (Å²) >= 11 is 11.5. The Morgan fingerprint density at radius 2 is 1.11 bits per heavy atom. The minimum absolute atomic E-state index is 0.148.